The van der Waals surface area contributed by atoms with E-state index in [1.165, 1.54) is 70.6 Å². The average Bonchev–Trinajstić information content (AvgIpc) is 2.62. The van der Waals surface area contributed by atoms with E-state index in [1.807, 2.05) is 0 Å². The van der Waals surface area contributed by atoms with E-state index in [1.54, 1.807) is 0 Å². The Morgan fingerprint density at radius 3 is 2.32 bits per heavy atom. The molecule has 0 bridgehead atoms. The fourth-order valence-corrected chi connectivity index (χ4v) is 7.72. The molecule has 142 valence electrons. The van der Waals surface area contributed by atoms with E-state index in [9.17, 15) is 4.79 Å². The number of ketones is 1. The molecule has 0 aromatic rings. The summed E-state index contributed by atoms with van der Waals surface area (Å²) in [6.45, 7) is 5.03. The molecule has 0 amide bonds. The van der Waals surface area contributed by atoms with Gasteiger partial charge in [0.1, 0.15) is 5.78 Å². The number of hydrogen-bond acceptors (Lipinski definition) is 1. The smallest absolute Gasteiger partial charge is 0.133 e. The van der Waals surface area contributed by atoms with Gasteiger partial charge in [-0.2, -0.15) is 0 Å². The van der Waals surface area contributed by atoms with Gasteiger partial charge in [-0.25, -0.2) is 0 Å². The second kappa shape index (κ2) is 7.73. The van der Waals surface area contributed by atoms with Crippen LogP contribution in [0.25, 0.3) is 0 Å². The van der Waals surface area contributed by atoms with Gasteiger partial charge in [0.05, 0.1) is 0 Å². The SMILES string of the molecule is CC1CC2C(CCC3CCCCC3)C(C)CCC2C2CCC(=O)CC12. The number of fused-ring (bicyclic) bond motifs is 3. The predicted octanol–water partition coefficient (Wildman–Crippen LogP) is 6.65. The molecule has 4 aliphatic rings. The molecular formula is C24H40O. The highest BCUT2D eigenvalue weighted by atomic mass is 16.1. The monoisotopic (exact) mass is 344 g/mol. The van der Waals surface area contributed by atoms with E-state index in [-0.39, 0.29) is 0 Å². The van der Waals surface area contributed by atoms with Gasteiger partial charge in [-0.15, -0.1) is 0 Å². The first kappa shape index (κ1) is 18.1. The molecule has 4 rings (SSSR count). The fraction of sp³-hybridized carbons (Fsp3) is 0.958. The normalized spacial score (nSPS) is 45.7. The van der Waals surface area contributed by atoms with Crippen LogP contribution in [0.15, 0.2) is 0 Å². The zero-order chi connectivity index (χ0) is 17.4. The lowest BCUT2D eigenvalue weighted by atomic mass is 9.50. The lowest BCUT2D eigenvalue weighted by Gasteiger charge is -2.54. The van der Waals surface area contributed by atoms with Crippen LogP contribution in [0.2, 0.25) is 0 Å². The molecule has 1 nitrogen and oxygen atoms in total. The largest absolute Gasteiger partial charge is 0.300 e. The van der Waals surface area contributed by atoms with E-state index in [2.05, 4.69) is 13.8 Å². The maximum Gasteiger partial charge on any atom is 0.133 e. The van der Waals surface area contributed by atoms with Crippen LogP contribution in [0.1, 0.15) is 97.3 Å². The Morgan fingerprint density at radius 2 is 1.52 bits per heavy atom. The second-order valence-electron chi connectivity index (χ2n) is 10.4. The van der Waals surface area contributed by atoms with Gasteiger partial charge in [0, 0.05) is 12.8 Å². The molecular weight excluding hydrogens is 304 g/mol. The van der Waals surface area contributed by atoms with Crippen molar-refractivity contribution in [3.63, 3.8) is 0 Å². The molecule has 0 spiro atoms. The number of Topliss-reactive ketones (excluding diaryl/α,β-unsaturated/α-hetero) is 1. The summed E-state index contributed by atoms with van der Waals surface area (Å²) in [5.41, 5.74) is 0. The standard InChI is InChI=1S/C24H40O/c1-16-8-11-22-21-13-10-19(25)15-23(21)17(2)14-24(22)20(16)12-9-18-6-4-3-5-7-18/h16-18,20-24H,3-15H2,1-2H3. The molecule has 7 unspecified atom stereocenters. The molecule has 0 aromatic heterocycles. The molecule has 0 aromatic carbocycles. The third-order valence-electron chi connectivity index (χ3n) is 9.11. The van der Waals surface area contributed by atoms with E-state index in [0.717, 1.165) is 60.2 Å². The molecule has 4 saturated carbocycles. The third-order valence-corrected chi connectivity index (χ3v) is 9.11. The topological polar surface area (TPSA) is 17.1 Å². The first-order chi connectivity index (χ1) is 12.1. The summed E-state index contributed by atoms with van der Waals surface area (Å²) in [7, 11) is 0. The van der Waals surface area contributed by atoms with Gasteiger partial charge in [0.2, 0.25) is 0 Å². The van der Waals surface area contributed by atoms with Crippen LogP contribution >= 0.6 is 0 Å². The van der Waals surface area contributed by atoms with E-state index >= 15 is 0 Å². The van der Waals surface area contributed by atoms with Crippen molar-refractivity contribution in [1.29, 1.82) is 0 Å². The van der Waals surface area contributed by atoms with Crippen molar-refractivity contribution < 1.29 is 4.79 Å². The summed E-state index contributed by atoms with van der Waals surface area (Å²) >= 11 is 0. The molecule has 4 aliphatic carbocycles. The molecule has 1 heteroatoms. The summed E-state index contributed by atoms with van der Waals surface area (Å²) < 4.78 is 0. The Bertz CT molecular complexity index is 463. The van der Waals surface area contributed by atoms with Crippen LogP contribution in [0.5, 0.6) is 0 Å². The minimum atomic E-state index is 0.560. The molecule has 25 heavy (non-hydrogen) atoms. The number of carbonyl (C=O) groups is 1. The highest BCUT2D eigenvalue weighted by molar-refractivity contribution is 5.79. The van der Waals surface area contributed by atoms with Crippen molar-refractivity contribution in [3.8, 4) is 0 Å². The van der Waals surface area contributed by atoms with Gasteiger partial charge in [0.25, 0.3) is 0 Å². The van der Waals surface area contributed by atoms with Gasteiger partial charge in [-0.3, -0.25) is 4.79 Å². The number of hydrogen-bond donors (Lipinski definition) is 0. The fourth-order valence-electron chi connectivity index (χ4n) is 7.72. The lowest BCUT2D eigenvalue weighted by molar-refractivity contribution is -0.129. The molecule has 0 heterocycles. The maximum absolute atomic E-state index is 12.0. The molecule has 7 atom stereocenters. The molecule has 0 N–H and O–H groups in total. The summed E-state index contributed by atoms with van der Waals surface area (Å²) in [6, 6.07) is 0. The van der Waals surface area contributed by atoms with Crippen LogP contribution in [-0.4, -0.2) is 5.78 Å². The predicted molar refractivity (Wildman–Crippen MR) is 104 cm³/mol. The Balaban J connectivity index is 1.44. The van der Waals surface area contributed by atoms with Gasteiger partial charge in [-0.1, -0.05) is 58.8 Å². The van der Waals surface area contributed by atoms with E-state index < -0.39 is 0 Å². The van der Waals surface area contributed by atoms with Crippen LogP contribution in [0.4, 0.5) is 0 Å². The van der Waals surface area contributed by atoms with Crippen molar-refractivity contribution in [1.82, 2.24) is 0 Å². The zero-order valence-electron chi connectivity index (χ0n) is 16.7. The average molecular weight is 345 g/mol. The Hall–Kier alpha value is -0.330. The van der Waals surface area contributed by atoms with Crippen LogP contribution in [0, 0.1) is 47.3 Å². The third kappa shape index (κ3) is 3.72. The van der Waals surface area contributed by atoms with Crippen molar-refractivity contribution in [2.75, 3.05) is 0 Å². The van der Waals surface area contributed by atoms with Gasteiger partial charge < -0.3 is 0 Å². The van der Waals surface area contributed by atoms with Crippen LogP contribution in [0.3, 0.4) is 0 Å². The first-order valence-corrected chi connectivity index (χ1v) is 11.6. The zero-order valence-corrected chi connectivity index (χ0v) is 16.7. The Kier molecular flexibility index (Phi) is 5.58. The molecule has 0 radical (unpaired) electrons. The summed E-state index contributed by atoms with van der Waals surface area (Å²) in [5.74, 6) is 7.88. The maximum atomic E-state index is 12.0. The highest BCUT2D eigenvalue weighted by Crippen LogP contribution is 2.56. The van der Waals surface area contributed by atoms with Gasteiger partial charge in [-0.05, 0) is 73.0 Å². The van der Waals surface area contributed by atoms with Gasteiger partial charge >= 0.3 is 0 Å². The molecule has 4 fully saturated rings. The lowest BCUT2D eigenvalue weighted by Crippen LogP contribution is -2.48. The van der Waals surface area contributed by atoms with Crippen molar-refractivity contribution in [2.45, 2.75) is 97.3 Å². The van der Waals surface area contributed by atoms with Crippen molar-refractivity contribution in [2.24, 2.45) is 47.3 Å². The molecule has 0 aliphatic heterocycles. The number of carbonyl (C=O) groups excluding carboxylic acids is 1. The van der Waals surface area contributed by atoms with Gasteiger partial charge in [0.15, 0.2) is 0 Å². The van der Waals surface area contributed by atoms with E-state index in [0.29, 0.717) is 5.78 Å². The second-order valence-corrected chi connectivity index (χ2v) is 10.4. The van der Waals surface area contributed by atoms with Crippen molar-refractivity contribution >= 4 is 5.78 Å². The minimum Gasteiger partial charge on any atom is -0.300 e. The summed E-state index contributed by atoms with van der Waals surface area (Å²) in [5, 5.41) is 0. The van der Waals surface area contributed by atoms with E-state index in [4.69, 9.17) is 0 Å². The highest BCUT2D eigenvalue weighted by Gasteiger charge is 2.49. The van der Waals surface area contributed by atoms with Crippen LogP contribution in [-0.2, 0) is 4.79 Å². The summed E-state index contributed by atoms with van der Waals surface area (Å²) in [4.78, 5) is 12.0. The minimum absolute atomic E-state index is 0.560. The quantitative estimate of drug-likeness (QED) is 0.560. The van der Waals surface area contributed by atoms with Crippen molar-refractivity contribution in [3.05, 3.63) is 0 Å². The Morgan fingerprint density at radius 1 is 0.760 bits per heavy atom. The first-order valence-electron chi connectivity index (χ1n) is 11.6. The number of rotatable bonds is 3. The Labute approximate surface area is 155 Å². The summed E-state index contributed by atoms with van der Waals surface area (Å²) in [6.07, 6.45) is 17.9. The molecule has 0 saturated heterocycles. The van der Waals surface area contributed by atoms with Crippen LogP contribution < -0.4 is 0 Å².